The van der Waals surface area contributed by atoms with Crippen molar-refractivity contribution >= 4 is 24.9 Å². The normalized spacial score (nSPS) is 23.6. The molecule has 0 spiro atoms. The average Bonchev–Trinajstić information content (AvgIpc) is 3.11. The van der Waals surface area contributed by atoms with Crippen molar-refractivity contribution in [1.82, 2.24) is 4.98 Å². The molecule has 3 N–H and O–H groups in total. The molecule has 1 atom stereocenters. The highest BCUT2D eigenvalue weighted by molar-refractivity contribution is 7.47. The average molecular weight is 548 g/mol. The fourth-order valence-corrected chi connectivity index (χ4v) is 6.05. The number of allylic oxidation sites excluding steroid dienone is 5. The van der Waals surface area contributed by atoms with Crippen molar-refractivity contribution in [2.45, 2.75) is 57.2 Å². The minimum Gasteiger partial charge on any atom is -0.463 e. The number of aromatic nitrogens is 1. The Hall–Kier alpha value is -3.29. The summed E-state index contributed by atoms with van der Waals surface area (Å²) in [5.41, 5.74) is 11.2. The minimum atomic E-state index is -4.17. The molecule has 8 nitrogen and oxygen atoms in total. The van der Waals surface area contributed by atoms with Crippen LogP contribution in [-0.4, -0.2) is 33.9 Å². The van der Waals surface area contributed by atoms with Gasteiger partial charge in [0, 0.05) is 11.8 Å². The molecule has 1 aromatic carbocycles. The zero-order chi connectivity index (χ0) is 27.6. The first-order valence-corrected chi connectivity index (χ1v) is 14.6. The monoisotopic (exact) mass is 547 g/mol. The predicted octanol–water partition coefficient (Wildman–Crippen LogP) is 6.72. The van der Waals surface area contributed by atoms with E-state index in [-0.39, 0.29) is 12.7 Å². The van der Waals surface area contributed by atoms with Crippen LogP contribution in [-0.2, 0) is 13.6 Å². The number of rotatable bonds is 7. The van der Waals surface area contributed by atoms with Crippen molar-refractivity contribution in [2.24, 2.45) is 4.99 Å². The number of phosphoric acid groups is 1. The SMILES string of the molecule is C=C1C=CC=C(COP(=O)(O)O[C@H]2CC[C@H](c3ccc(C4=Nc5c(N)ccnc5OC4(C)C)cc3)CC2)C=C1. The molecule has 0 saturated heterocycles. The Labute approximate surface area is 229 Å². The molecular weight excluding hydrogens is 513 g/mol. The molecule has 1 aromatic heterocycles. The summed E-state index contributed by atoms with van der Waals surface area (Å²) in [6, 6.07) is 10.1. The van der Waals surface area contributed by atoms with Gasteiger partial charge in [0.2, 0.25) is 5.88 Å². The van der Waals surface area contributed by atoms with Gasteiger partial charge in [-0.3, -0.25) is 9.05 Å². The lowest BCUT2D eigenvalue weighted by atomic mass is 9.82. The Morgan fingerprint density at radius 3 is 2.62 bits per heavy atom. The highest BCUT2D eigenvalue weighted by Gasteiger charge is 2.35. The standard InChI is InChI=1S/C30H34N3O5P/c1-20-5-4-6-21(8-7-20)19-36-39(34,35)38-25-15-13-23(14-16-25)22-9-11-24(12-10-22)28-30(2,3)37-29-27(33-28)26(31)17-18-32-29/h4-12,17-18,23,25H,1,13-16,19H2,2-3H3,(H2,31,32)(H,34,35)/t23-,25-. The molecule has 9 heteroatoms. The predicted molar refractivity (Wildman–Crippen MR) is 153 cm³/mol. The van der Waals surface area contributed by atoms with Crippen LogP contribution in [0.5, 0.6) is 5.88 Å². The zero-order valence-corrected chi connectivity index (χ0v) is 23.1. The van der Waals surface area contributed by atoms with Crippen LogP contribution in [0.4, 0.5) is 11.4 Å². The maximum Gasteiger partial charge on any atom is 0.472 e. The molecule has 204 valence electrons. The Morgan fingerprint density at radius 1 is 1.13 bits per heavy atom. The summed E-state index contributed by atoms with van der Waals surface area (Å²) in [6.07, 6.45) is 13.6. The molecular formula is C30H34N3O5P. The first kappa shape index (κ1) is 27.3. The van der Waals surface area contributed by atoms with Gasteiger partial charge < -0.3 is 15.4 Å². The third-order valence-corrected chi connectivity index (χ3v) is 8.23. The molecule has 5 rings (SSSR count). The van der Waals surface area contributed by atoms with Crippen LogP contribution >= 0.6 is 7.82 Å². The highest BCUT2D eigenvalue weighted by Crippen LogP contribution is 2.48. The first-order chi connectivity index (χ1) is 18.6. The number of phosphoric ester groups is 1. The Balaban J connectivity index is 1.17. The zero-order valence-electron chi connectivity index (χ0n) is 22.2. The lowest BCUT2D eigenvalue weighted by Crippen LogP contribution is -2.41. The highest BCUT2D eigenvalue weighted by atomic mass is 31.2. The van der Waals surface area contributed by atoms with Crippen LogP contribution in [0.2, 0.25) is 0 Å². The van der Waals surface area contributed by atoms with E-state index in [4.69, 9.17) is 24.5 Å². The van der Waals surface area contributed by atoms with E-state index in [1.54, 1.807) is 12.3 Å². The summed E-state index contributed by atoms with van der Waals surface area (Å²) in [6.45, 7) is 7.80. The number of nitrogens with zero attached hydrogens (tertiary/aromatic N) is 2. The van der Waals surface area contributed by atoms with Gasteiger partial charge >= 0.3 is 7.82 Å². The summed E-state index contributed by atoms with van der Waals surface area (Å²) in [4.78, 5) is 19.4. The van der Waals surface area contributed by atoms with Gasteiger partial charge in [-0.1, -0.05) is 61.2 Å². The van der Waals surface area contributed by atoms with Gasteiger partial charge in [0.1, 0.15) is 11.3 Å². The topological polar surface area (TPSA) is 116 Å². The second-order valence-electron chi connectivity index (χ2n) is 10.6. The summed E-state index contributed by atoms with van der Waals surface area (Å²) >= 11 is 0. The smallest absolute Gasteiger partial charge is 0.463 e. The lowest BCUT2D eigenvalue weighted by molar-refractivity contribution is 0.0830. The molecule has 2 heterocycles. The molecule has 2 aromatic rings. The number of benzene rings is 1. The summed E-state index contributed by atoms with van der Waals surface area (Å²) in [7, 11) is -4.17. The number of hydrogen-bond acceptors (Lipinski definition) is 7. The van der Waals surface area contributed by atoms with E-state index in [0.717, 1.165) is 35.3 Å². The van der Waals surface area contributed by atoms with Crippen LogP contribution in [0.25, 0.3) is 0 Å². The molecule has 1 aliphatic heterocycles. The second kappa shape index (κ2) is 11.1. The molecule has 0 radical (unpaired) electrons. The Kier molecular flexibility index (Phi) is 7.74. The summed E-state index contributed by atoms with van der Waals surface area (Å²) < 4.78 is 29.5. The van der Waals surface area contributed by atoms with Crippen molar-refractivity contribution in [3.05, 3.63) is 95.8 Å². The van der Waals surface area contributed by atoms with Crippen molar-refractivity contribution in [2.75, 3.05) is 12.3 Å². The molecule has 1 fully saturated rings. The second-order valence-corrected chi connectivity index (χ2v) is 12.0. The third-order valence-electron chi connectivity index (χ3n) is 7.21. The van der Waals surface area contributed by atoms with E-state index in [1.807, 2.05) is 44.2 Å². The van der Waals surface area contributed by atoms with E-state index >= 15 is 0 Å². The van der Waals surface area contributed by atoms with Crippen LogP contribution < -0.4 is 10.5 Å². The summed E-state index contributed by atoms with van der Waals surface area (Å²) in [5.74, 6) is 0.788. The maximum atomic E-state index is 12.6. The van der Waals surface area contributed by atoms with Crippen molar-refractivity contribution in [3.63, 3.8) is 0 Å². The first-order valence-electron chi connectivity index (χ1n) is 13.1. The lowest BCUT2D eigenvalue weighted by Gasteiger charge is -2.32. The largest absolute Gasteiger partial charge is 0.472 e. The van der Waals surface area contributed by atoms with Crippen molar-refractivity contribution in [1.29, 1.82) is 0 Å². The molecule has 39 heavy (non-hydrogen) atoms. The van der Waals surface area contributed by atoms with Crippen molar-refractivity contribution < 1.29 is 23.2 Å². The van der Waals surface area contributed by atoms with Crippen LogP contribution in [0, 0.1) is 0 Å². The molecule has 2 aliphatic carbocycles. The van der Waals surface area contributed by atoms with E-state index in [2.05, 4.69) is 35.8 Å². The minimum absolute atomic E-state index is 0.00851. The van der Waals surface area contributed by atoms with E-state index < -0.39 is 13.4 Å². The number of hydrogen-bond donors (Lipinski definition) is 2. The van der Waals surface area contributed by atoms with Gasteiger partial charge in [-0.25, -0.2) is 14.5 Å². The van der Waals surface area contributed by atoms with E-state index in [1.165, 1.54) is 5.56 Å². The van der Waals surface area contributed by atoms with Gasteiger partial charge in [0.15, 0.2) is 0 Å². The van der Waals surface area contributed by atoms with E-state index in [0.29, 0.717) is 36.0 Å². The van der Waals surface area contributed by atoms with Crippen LogP contribution in [0.15, 0.2) is 89.6 Å². The van der Waals surface area contributed by atoms with Gasteiger partial charge in [-0.2, -0.15) is 0 Å². The number of fused-ring (bicyclic) bond motifs is 1. The van der Waals surface area contributed by atoms with Crippen molar-refractivity contribution in [3.8, 4) is 5.88 Å². The number of pyridine rings is 1. The number of aliphatic imine (C=N–C) groups is 1. The number of nitrogen functional groups attached to an aromatic ring is 1. The molecule has 0 bridgehead atoms. The van der Waals surface area contributed by atoms with Crippen LogP contribution in [0.3, 0.4) is 0 Å². The summed E-state index contributed by atoms with van der Waals surface area (Å²) in [5, 5.41) is 0. The maximum absolute atomic E-state index is 12.6. The number of anilines is 1. The molecule has 1 unspecified atom stereocenters. The fraction of sp³-hybridized carbons (Fsp3) is 0.333. The van der Waals surface area contributed by atoms with Gasteiger partial charge in [0.05, 0.1) is 24.1 Å². The van der Waals surface area contributed by atoms with Gasteiger partial charge in [0.25, 0.3) is 0 Å². The number of nitrogens with two attached hydrogens (primary N) is 1. The molecule has 1 saturated carbocycles. The fourth-order valence-electron chi connectivity index (χ4n) is 5.09. The van der Waals surface area contributed by atoms with Gasteiger partial charge in [-0.05, 0) is 68.2 Å². The molecule has 3 aliphatic rings. The Morgan fingerprint density at radius 2 is 1.87 bits per heavy atom. The number of ether oxygens (including phenoxy) is 1. The Bertz CT molecular complexity index is 1420. The quantitative estimate of drug-likeness (QED) is 0.370. The third kappa shape index (κ3) is 6.48. The van der Waals surface area contributed by atoms with E-state index in [9.17, 15) is 9.46 Å². The van der Waals surface area contributed by atoms with Crippen LogP contribution in [0.1, 0.15) is 56.6 Å². The van der Waals surface area contributed by atoms with Gasteiger partial charge in [-0.15, -0.1) is 0 Å². The molecule has 0 amide bonds.